The highest BCUT2D eigenvalue weighted by atomic mass is 35.5. The van der Waals surface area contributed by atoms with E-state index in [1.54, 1.807) is 0 Å². The van der Waals surface area contributed by atoms with Crippen LogP contribution in [0.3, 0.4) is 0 Å². The molecule has 0 spiro atoms. The van der Waals surface area contributed by atoms with Gasteiger partial charge in [-0.2, -0.15) is 0 Å². The van der Waals surface area contributed by atoms with Crippen LogP contribution in [0.1, 0.15) is 26.0 Å². The van der Waals surface area contributed by atoms with Crippen molar-refractivity contribution in [1.82, 2.24) is 5.32 Å². The zero-order valence-corrected chi connectivity index (χ0v) is 12.4. The third-order valence-corrected chi connectivity index (χ3v) is 2.92. The summed E-state index contributed by atoms with van der Waals surface area (Å²) in [5, 5.41) is 3.40. The maximum atomic E-state index is 5.81. The Hall–Kier alpha value is -1.25. The molecule has 0 amide bonds. The van der Waals surface area contributed by atoms with E-state index >= 15 is 0 Å². The standard InChI is InChI=1S/C16H21NO.ClH/c1-13(2)10-11-17-12-15-8-9-16(18-15)14-6-4-3-5-7-14;/h3-9,13,17H,10-12H2,1-2H3;1H. The van der Waals surface area contributed by atoms with Gasteiger partial charge in [-0.3, -0.25) is 0 Å². The van der Waals surface area contributed by atoms with Crippen LogP contribution in [0.2, 0.25) is 0 Å². The average molecular weight is 280 g/mol. The topological polar surface area (TPSA) is 25.2 Å². The summed E-state index contributed by atoms with van der Waals surface area (Å²) in [6.45, 7) is 6.32. The Morgan fingerprint density at radius 3 is 2.47 bits per heavy atom. The Balaban J connectivity index is 0.00000180. The lowest BCUT2D eigenvalue weighted by molar-refractivity contribution is 0.474. The highest BCUT2D eigenvalue weighted by Gasteiger charge is 2.03. The predicted molar refractivity (Wildman–Crippen MR) is 82.6 cm³/mol. The Morgan fingerprint density at radius 1 is 1.05 bits per heavy atom. The molecule has 19 heavy (non-hydrogen) atoms. The van der Waals surface area contributed by atoms with Gasteiger partial charge < -0.3 is 9.73 Å². The summed E-state index contributed by atoms with van der Waals surface area (Å²) < 4.78 is 5.81. The molecule has 3 heteroatoms. The molecule has 104 valence electrons. The van der Waals surface area contributed by atoms with E-state index in [9.17, 15) is 0 Å². The summed E-state index contributed by atoms with van der Waals surface area (Å²) in [6.07, 6.45) is 1.20. The first-order valence-corrected chi connectivity index (χ1v) is 6.60. The number of furan rings is 1. The van der Waals surface area contributed by atoms with Gasteiger partial charge in [0.15, 0.2) is 0 Å². The van der Waals surface area contributed by atoms with Crippen LogP contribution >= 0.6 is 12.4 Å². The molecule has 0 saturated heterocycles. The summed E-state index contributed by atoms with van der Waals surface area (Å²) in [5.74, 6) is 2.68. The fourth-order valence-electron chi connectivity index (χ4n) is 1.83. The van der Waals surface area contributed by atoms with Crippen molar-refractivity contribution in [3.8, 4) is 11.3 Å². The minimum Gasteiger partial charge on any atom is -0.460 e. The van der Waals surface area contributed by atoms with Gasteiger partial charge in [0, 0.05) is 5.56 Å². The van der Waals surface area contributed by atoms with Gasteiger partial charge in [-0.15, -0.1) is 12.4 Å². The number of hydrogen-bond donors (Lipinski definition) is 1. The van der Waals surface area contributed by atoms with Gasteiger partial charge in [-0.1, -0.05) is 44.2 Å². The molecule has 0 unspecified atom stereocenters. The van der Waals surface area contributed by atoms with Crippen molar-refractivity contribution in [1.29, 1.82) is 0 Å². The van der Waals surface area contributed by atoms with Crippen LogP contribution in [-0.4, -0.2) is 6.54 Å². The number of halogens is 1. The highest BCUT2D eigenvalue weighted by molar-refractivity contribution is 5.85. The van der Waals surface area contributed by atoms with Crippen LogP contribution < -0.4 is 5.32 Å². The lowest BCUT2D eigenvalue weighted by Crippen LogP contribution is -2.15. The monoisotopic (exact) mass is 279 g/mol. The van der Waals surface area contributed by atoms with Crippen LogP contribution in [0.15, 0.2) is 46.9 Å². The SMILES string of the molecule is CC(C)CCNCc1ccc(-c2ccccc2)o1.Cl. The van der Waals surface area contributed by atoms with E-state index in [0.717, 1.165) is 36.1 Å². The number of nitrogens with one attached hydrogen (secondary N) is 1. The molecular weight excluding hydrogens is 258 g/mol. The van der Waals surface area contributed by atoms with Gasteiger partial charge in [0.05, 0.1) is 6.54 Å². The summed E-state index contributed by atoms with van der Waals surface area (Å²) in [5.41, 5.74) is 1.13. The zero-order chi connectivity index (χ0) is 12.8. The van der Waals surface area contributed by atoms with E-state index in [-0.39, 0.29) is 12.4 Å². The second-order valence-corrected chi connectivity index (χ2v) is 4.99. The molecule has 0 radical (unpaired) electrons. The molecule has 2 nitrogen and oxygen atoms in total. The molecule has 0 saturated carbocycles. The molecule has 1 aromatic heterocycles. The largest absolute Gasteiger partial charge is 0.460 e. The predicted octanol–water partition coefficient (Wildman–Crippen LogP) is 4.50. The molecule has 0 aliphatic heterocycles. The smallest absolute Gasteiger partial charge is 0.134 e. The summed E-state index contributed by atoms with van der Waals surface area (Å²) in [6, 6.07) is 14.3. The van der Waals surface area contributed by atoms with Crippen molar-refractivity contribution in [2.45, 2.75) is 26.8 Å². The van der Waals surface area contributed by atoms with Crippen LogP contribution in [0.5, 0.6) is 0 Å². The molecule has 2 rings (SSSR count). The van der Waals surface area contributed by atoms with E-state index < -0.39 is 0 Å². The van der Waals surface area contributed by atoms with Gasteiger partial charge in [0.2, 0.25) is 0 Å². The zero-order valence-electron chi connectivity index (χ0n) is 11.6. The minimum absolute atomic E-state index is 0. The van der Waals surface area contributed by atoms with Crippen LogP contribution in [-0.2, 0) is 6.54 Å². The number of hydrogen-bond acceptors (Lipinski definition) is 2. The molecule has 0 aliphatic carbocycles. The van der Waals surface area contributed by atoms with Crippen molar-refractivity contribution in [3.05, 3.63) is 48.2 Å². The first-order chi connectivity index (χ1) is 8.75. The van der Waals surface area contributed by atoms with Crippen molar-refractivity contribution in [2.24, 2.45) is 5.92 Å². The molecule has 0 bridgehead atoms. The van der Waals surface area contributed by atoms with Gasteiger partial charge in [0.25, 0.3) is 0 Å². The normalized spacial score (nSPS) is 10.5. The van der Waals surface area contributed by atoms with Gasteiger partial charge >= 0.3 is 0 Å². The minimum atomic E-state index is 0. The van der Waals surface area contributed by atoms with Gasteiger partial charge in [0.1, 0.15) is 11.5 Å². The maximum absolute atomic E-state index is 5.81. The molecule has 2 aromatic rings. The van der Waals surface area contributed by atoms with Crippen LogP contribution in [0.4, 0.5) is 0 Å². The van der Waals surface area contributed by atoms with E-state index in [1.807, 2.05) is 30.3 Å². The quantitative estimate of drug-likeness (QED) is 0.788. The van der Waals surface area contributed by atoms with Crippen LogP contribution in [0.25, 0.3) is 11.3 Å². The van der Waals surface area contributed by atoms with E-state index in [1.165, 1.54) is 6.42 Å². The average Bonchev–Trinajstić information content (AvgIpc) is 2.84. The fourth-order valence-corrected chi connectivity index (χ4v) is 1.83. The maximum Gasteiger partial charge on any atom is 0.134 e. The summed E-state index contributed by atoms with van der Waals surface area (Å²) >= 11 is 0. The third-order valence-electron chi connectivity index (χ3n) is 2.92. The first-order valence-electron chi connectivity index (χ1n) is 6.60. The van der Waals surface area contributed by atoms with Crippen molar-refractivity contribution >= 4 is 12.4 Å². The Morgan fingerprint density at radius 2 is 1.79 bits per heavy atom. The van der Waals surface area contributed by atoms with E-state index in [2.05, 4.69) is 31.3 Å². The second kappa shape index (κ2) is 8.03. The lowest BCUT2D eigenvalue weighted by atomic mass is 10.1. The molecule has 0 fully saturated rings. The van der Waals surface area contributed by atoms with Crippen molar-refractivity contribution in [2.75, 3.05) is 6.54 Å². The first kappa shape index (κ1) is 15.8. The summed E-state index contributed by atoms with van der Waals surface area (Å²) in [7, 11) is 0. The molecule has 0 atom stereocenters. The lowest BCUT2D eigenvalue weighted by Gasteiger charge is -2.05. The number of rotatable bonds is 6. The van der Waals surface area contributed by atoms with Gasteiger partial charge in [-0.05, 0) is 31.0 Å². The fraction of sp³-hybridized carbons (Fsp3) is 0.375. The Kier molecular flexibility index (Phi) is 6.68. The Bertz CT molecular complexity index is 465. The van der Waals surface area contributed by atoms with E-state index in [0.29, 0.717) is 0 Å². The molecule has 1 heterocycles. The van der Waals surface area contributed by atoms with Crippen LogP contribution in [0, 0.1) is 5.92 Å². The molecule has 1 N–H and O–H groups in total. The van der Waals surface area contributed by atoms with E-state index in [4.69, 9.17) is 4.42 Å². The molecule has 1 aromatic carbocycles. The van der Waals surface area contributed by atoms with Crippen molar-refractivity contribution in [3.63, 3.8) is 0 Å². The highest BCUT2D eigenvalue weighted by Crippen LogP contribution is 2.21. The Labute approximate surface area is 121 Å². The third kappa shape index (κ3) is 5.09. The second-order valence-electron chi connectivity index (χ2n) is 4.99. The van der Waals surface area contributed by atoms with Gasteiger partial charge in [-0.25, -0.2) is 0 Å². The molecule has 0 aliphatic rings. The summed E-state index contributed by atoms with van der Waals surface area (Å²) in [4.78, 5) is 0. The van der Waals surface area contributed by atoms with Crippen molar-refractivity contribution < 1.29 is 4.42 Å². The number of benzene rings is 1. The molecular formula is C16H22ClNO.